The number of fused-ring (bicyclic) bond motifs is 1. The summed E-state index contributed by atoms with van der Waals surface area (Å²) in [5.74, 6) is 4.38. The van der Waals surface area contributed by atoms with Crippen LogP contribution in [0.3, 0.4) is 0 Å². The van der Waals surface area contributed by atoms with Gasteiger partial charge in [-0.2, -0.15) is 4.98 Å². The Morgan fingerprint density at radius 3 is 2.19 bits per heavy atom. The highest BCUT2D eigenvalue weighted by atomic mass is 16.5. The number of benzene rings is 2. The topological polar surface area (TPSA) is 116 Å². The van der Waals surface area contributed by atoms with E-state index in [4.69, 9.17) is 29.7 Å². The predicted molar refractivity (Wildman–Crippen MR) is 139 cm³/mol. The van der Waals surface area contributed by atoms with Gasteiger partial charge in [-0.05, 0) is 48.9 Å². The van der Waals surface area contributed by atoms with E-state index in [1.165, 1.54) is 5.56 Å². The van der Waals surface area contributed by atoms with E-state index >= 15 is 0 Å². The van der Waals surface area contributed by atoms with E-state index in [2.05, 4.69) is 32.9 Å². The molecule has 10 heteroatoms. The third-order valence-electron chi connectivity index (χ3n) is 7.35. The summed E-state index contributed by atoms with van der Waals surface area (Å²) in [5, 5.41) is 0.758. The lowest BCUT2D eigenvalue weighted by atomic mass is 9.86. The van der Waals surface area contributed by atoms with Crippen LogP contribution in [-0.2, 0) is 0 Å². The number of hydrogen-bond donors (Lipinski definition) is 3. The van der Waals surface area contributed by atoms with E-state index in [0.717, 1.165) is 54.8 Å². The zero-order valence-electron chi connectivity index (χ0n) is 21.2. The van der Waals surface area contributed by atoms with Crippen molar-refractivity contribution in [1.29, 1.82) is 0 Å². The normalized spacial score (nSPS) is 20.5. The standard InChI is InChI=1S/C26H34N6O4/c1-33-21-6-5-16(11-22(21)34-2)19-13-18(30-31-19)15-7-9-32(10-8-15)26-28-20-14-24(36-4)23(35-3)12-17(20)25(27)29-26/h5-6,11-12,14-15,18-19,30-31H,7-10,13H2,1-4H3,(H2,27,28,29). The molecule has 1 aromatic heterocycles. The number of nitrogen functional groups attached to an aromatic ring is 1. The third-order valence-corrected chi connectivity index (χ3v) is 7.35. The van der Waals surface area contributed by atoms with E-state index in [-0.39, 0.29) is 6.04 Å². The zero-order chi connectivity index (χ0) is 25.2. The van der Waals surface area contributed by atoms with Crippen LogP contribution in [0.5, 0.6) is 23.0 Å². The first-order valence-electron chi connectivity index (χ1n) is 12.2. The van der Waals surface area contributed by atoms with Gasteiger partial charge in [-0.25, -0.2) is 4.98 Å². The van der Waals surface area contributed by atoms with E-state index in [0.29, 0.717) is 35.2 Å². The summed E-state index contributed by atoms with van der Waals surface area (Å²) in [6, 6.07) is 10.4. The second-order valence-electron chi connectivity index (χ2n) is 9.26. The molecule has 2 aromatic carbocycles. The van der Waals surface area contributed by atoms with Crippen molar-refractivity contribution in [3.05, 3.63) is 35.9 Å². The molecule has 2 aliphatic rings. The fraction of sp³-hybridized carbons (Fsp3) is 0.462. The van der Waals surface area contributed by atoms with Crippen LogP contribution < -0.4 is 40.4 Å². The molecule has 0 saturated carbocycles. The number of aromatic nitrogens is 2. The Morgan fingerprint density at radius 1 is 0.833 bits per heavy atom. The van der Waals surface area contributed by atoms with Crippen LogP contribution in [0.4, 0.5) is 11.8 Å². The second-order valence-corrected chi connectivity index (χ2v) is 9.26. The third kappa shape index (κ3) is 4.54. The highest BCUT2D eigenvalue weighted by Gasteiger charge is 2.34. The van der Waals surface area contributed by atoms with Crippen LogP contribution in [-0.4, -0.2) is 57.5 Å². The molecule has 2 fully saturated rings. The van der Waals surface area contributed by atoms with Crippen LogP contribution in [0.15, 0.2) is 30.3 Å². The van der Waals surface area contributed by atoms with Crippen molar-refractivity contribution in [3.8, 4) is 23.0 Å². The first kappa shape index (κ1) is 24.2. The Morgan fingerprint density at radius 2 is 1.50 bits per heavy atom. The molecule has 0 spiro atoms. The fourth-order valence-corrected chi connectivity index (χ4v) is 5.29. The number of nitrogens with one attached hydrogen (secondary N) is 2. The maximum Gasteiger partial charge on any atom is 0.227 e. The lowest BCUT2D eigenvalue weighted by Crippen LogP contribution is -2.43. The number of methoxy groups -OCH3 is 4. The summed E-state index contributed by atoms with van der Waals surface area (Å²) >= 11 is 0. The molecule has 2 atom stereocenters. The van der Waals surface area contributed by atoms with Gasteiger partial charge in [0.2, 0.25) is 5.95 Å². The lowest BCUT2D eigenvalue weighted by Gasteiger charge is -2.34. The van der Waals surface area contributed by atoms with Crippen molar-refractivity contribution in [2.45, 2.75) is 31.3 Å². The largest absolute Gasteiger partial charge is 0.493 e. The van der Waals surface area contributed by atoms with E-state index in [1.807, 2.05) is 18.2 Å². The molecular weight excluding hydrogens is 460 g/mol. The van der Waals surface area contributed by atoms with Crippen molar-refractivity contribution in [3.63, 3.8) is 0 Å². The summed E-state index contributed by atoms with van der Waals surface area (Å²) < 4.78 is 21.7. The highest BCUT2D eigenvalue weighted by Crippen LogP contribution is 2.37. The van der Waals surface area contributed by atoms with Gasteiger partial charge in [0.15, 0.2) is 23.0 Å². The molecule has 2 unspecified atom stereocenters. The van der Waals surface area contributed by atoms with Gasteiger partial charge in [0.1, 0.15) is 5.82 Å². The van der Waals surface area contributed by atoms with Gasteiger partial charge in [0.05, 0.1) is 34.0 Å². The second kappa shape index (κ2) is 10.2. The Bertz CT molecular complexity index is 1230. The molecule has 4 N–H and O–H groups in total. The summed E-state index contributed by atoms with van der Waals surface area (Å²) in [5.41, 5.74) is 15.3. The molecule has 36 heavy (non-hydrogen) atoms. The minimum atomic E-state index is 0.225. The number of hydrogen-bond acceptors (Lipinski definition) is 10. The summed E-state index contributed by atoms with van der Waals surface area (Å²) in [7, 11) is 6.53. The van der Waals surface area contributed by atoms with Gasteiger partial charge in [-0.3, -0.25) is 10.9 Å². The Balaban J connectivity index is 1.24. The van der Waals surface area contributed by atoms with Crippen molar-refractivity contribution in [1.82, 2.24) is 20.8 Å². The maximum absolute atomic E-state index is 6.31. The Hall–Kier alpha value is -3.50. The molecule has 0 radical (unpaired) electrons. The Kier molecular flexibility index (Phi) is 6.88. The molecule has 192 valence electrons. The predicted octanol–water partition coefficient (Wildman–Crippen LogP) is 3.07. The zero-order valence-corrected chi connectivity index (χ0v) is 21.2. The van der Waals surface area contributed by atoms with Crippen molar-refractivity contribution in [2.24, 2.45) is 5.92 Å². The van der Waals surface area contributed by atoms with Crippen LogP contribution >= 0.6 is 0 Å². The summed E-state index contributed by atoms with van der Waals surface area (Å²) in [6.45, 7) is 1.75. The van der Waals surface area contributed by atoms with Crippen molar-refractivity contribution in [2.75, 3.05) is 52.2 Å². The maximum atomic E-state index is 6.31. The van der Waals surface area contributed by atoms with E-state index < -0.39 is 0 Å². The molecule has 0 amide bonds. The summed E-state index contributed by atoms with van der Waals surface area (Å²) in [4.78, 5) is 11.6. The first-order chi connectivity index (χ1) is 17.5. The van der Waals surface area contributed by atoms with Gasteiger partial charge in [0, 0.05) is 36.6 Å². The average Bonchev–Trinajstić information content (AvgIpc) is 3.42. The number of nitrogens with zero attached hydrogens (tertiary/aromatic N) is 3. The number of hydrazine groups is 1. The monoisotopic (exact) mass is 494 g/mol. The van der Waals surface area contributed by atoms with Gasteiger partial charge >= 0.3 is 0 Å². The van der Waals surface area contributed by atoms with Gasteiger partial charge in [-0.1, -0.05) is 6.07 Å². The van der Waals surface area contributed by atoms with Gasteiger partial charge in [0.25, 0.3) is 0 Å². The van der Waals surface area contributed by atoms with Crippen LogP contribution in [0.1, 0.15) is 30.9 Å². The molecule has 3 aromatic rings. The summed E-state index contributed by atoms with van der Waals surface area (Å²) in [6.07, 6.45) is 3.11. The number of nitrogens with two attached hydrogens (primary N) is 1. The Labute approximate surface area is 211 Å². The van der Waals surface area contributed by atoms with Crippen LogP contribution in [0.2, 0.25) is 0 Å². The fourth-order valence-electron chi connectivity index (χ4n) is 5.29. The van der Waals surface area contributed by atoms with E-state index in [9.17, 15) is 0 Å². The van der Waals surface area contributed by atoms with Crippen LogP contribution in [0, 0.1) is 5.92 Å². The van der Waals surface area contributed by atoms with E-state index in [1.54, 1.807) is 28.4 Å². The number of piperidine rings is 1. The molecular formula is C26H34N6O4. The quantitative estimate of drug-likeness (QED) is 0.452. The average molecular weight is 495 g/mol. The van der Waals surface area contributed by atoms with Gasteiger partial charge in [-0.15, -0.1) is 0 Å². The minimum Gasteiger partial charge on any atom is -0.493 e. The number of ether oxygens (including phenoxy) is 4. The lowest BCUT2D eigenvalue weighted by molar-refractivity contribution is 0.309. The molecule has 0 aliphatic carbocycles. The minimum absolute atomic E-state index is 0.225. The highest BCUT2D eigenvalue weighted by molar-refractivity contribution is 5.91. The molecule has 3 heterocycles. The van der Waals surface area contributed by atoms with Gasteiger partial charge < -0.3 is 29.6 Å². The van der Waals surface area contributed by atoms with Crippen LogP contribution in [0.25, 0.3) is 10.9 Å². The molecule has 2 saturated heterocycles. The first-order valence-corrected chi connectivity index (χ1v) is 12.2. The SMILES string of the molecule is COc1ccc(C2CC(C3CCN(c4nc(N)c5cc(OC)c(OC)cc5n4)CC3)NN2)cc1OC. The molecule has 0 bridgehead atoms. The molecule has 10 nitrogen and oxygen atoms in total. The van der Waals surface area contributed by atoms with Crippen molar-refractivity contribution >= 4 is 22.7 Å². The smallest absolute Gasteiger partial charge is 0.227 e. The van der Waals surface area contributed by atoms with Crippen molar-refractivity contribution < 1.29 is 18.9 Å². The number of rotatable bonds is 7. The molecule has 5 rings (SSSR count). The number of anilines is 2. The molecule has 2 aliphatic heterocycles.